The molecular weight excluding hydrogens is 322 g/mol. The molecule has 124 valence electrons. The van der Waals surface area contributed by atoms with Crippen molar-refractivity contribution in [3.05, 3.63) is 52.8 Å². The smallest absolute Gasteiger partial charge is 0.226 e. The lowest BCUT2D eigenvalue weighted by atomic mass is 10.0. The number of rotatable bonds is 4. The van der Waals surface area contributed by atoms with Crippen molar-refractivity contribution in [1.29, 1.82) is 5.26 Å². The van der Waals surface area contributed by atoms with Crippen LogP contribution in [0.2, 0.25) is 5.15 Å². The molecule has 1 fully saturated rings. The van der Waals surface area contributed by atoms with Gasteiger partial charge in [-0.15, -0.1) is 0 Å². The van der Waals surface area contributed by atoms with Crippen molar-refractivity contribution in [3.63, 3.8) is 0 Å². The molecule has 1 aromatic heterocycles. The number of halogens is 1. The van der Waals surface area contributed by atoms with E-state index in [4.69, 9.17) is 16.9 Å². The van der Waals surface area contributed by atoms with Crippen LogP contribution in [-0.4, -0.2) is 41.0 Å². The van der Waals surface area contributed by atoms with Crippen LogP contribution in [0.1, 0.15) is 24.0 Å². The minimum atomic E-state index is 0.483. The first kappa shape index (κ1) is 16.7. The summed E-state index contributed by atoms with van der Waals surface area (Å²) in [7, 11) is 2.15. The van der Waals surface area contributed by atoms with E-state index in [2.05, 4.69) is 39.0 Å². The van der Waals surface area contributed by atoms with Gasteiger partial charge in [-0.25, -0.2) is 9.97 Å². The maximum absolute atomic E-state index is 9.01. The maximum Gasteiger partial charge on any atom is 0.226 e. The molecule has 2 aromatic rings. The Kier molecular flexibility index (Phi) is 5.29. The molecule has 0 aliphatic carbocycles. The second-order valence-corrected chi connectivity index (χ2v) is 6.51. The Morgan fingerprint density at radius 1 is 1.33 bits per heavy atom. The average molecular weight is 342 g/mol. The molecule has 5 nitrogen and oxygen atoms in total. The van der Waals surface area contributed by atoms with E-state index < -0.39 is 0 Å². The van der Waals surface area contributed by atoms with Gasteiger partial charge in [-0.1, -0.05) is 23.7 Å². The van der Waals surface area contributed by atoms with Crippen LogP contribution in [0.5, 0.6) is 0 Å². The Balaban J connectivity index is 1.57. The summed E-state index contributed by atoms with van der Waals surface area (Å²) >= 11 is 5.95. The molecule has 1 aromatic carbocycles. The number of nitriles is 1. The van der Waals surface area contributed by atoms with Gasteiger partial charge >= 0.3 is 0 Å². The van der Waals surface area contributed by atoms with Crippen molar-refractivity contribution >= 4 is 17.5 Å². The zero-order chi connectivity index (χ0) is 16.9. The van der Waals surface area contributed by atoms with Crippen molar-refractivity contribution in [3.8, 4) is 6.07 Å². The first-order chi connectivity index (χ1) is 11.7. The quantitative estimate of drug-likeness (QED) is 0.800. The summed E-state index contributed by atoms with van der Waals surface area (Å²) in [5, 5.41) is 9.49. The zero-order valence-corrected chi connectivity index (χ0v) is 14.4. The molecule has 6 heteroatoms. The third kappa shape index (κ3) is 4.02. The van der Waals surface area contributed by atoms with Crippen molar-refractivity contribution < 1.29 is 0 Å². The standard InChI is InChI=1S/C18H20ClN5/c1-23(13-15-4-2-3-14(11-15)12-20)16-6-9-24(10-7-16)18-21-8-5-17(19)22-18/h2-5,8,11,16H,6-7,9-10,13H2,1H3. The number of nitrogens with zero attached hydrogens (tertiary/aromatic N) is 5. The first-order valence-corrected chi connectivity index (χ1v) is 8.46. The molecule has 1 aliphatic heterocycles. The van der Waals surface area contributed by atoms with E-state index in [0.29, 0.717) is 22.7 Å². The van der Waals surface area contributed by atoms with Gasteiger partial charge < -0.3 is 4.90 Å². The molecule has 0 radical (unpaired) electrons. The molecule has 24 heavy (non-hydrogen) atoms. The van der Waals surface area contributed by atoms with E-state index in [9.17, 15) is 0 Å². The minimum absolute atomic E-state index is 0.483. The van der Waals surface area contributed by atoms with Crippen molar-refractivity contribution in [2.24, 2.45) is 0 Å². The average Bonchev–Trinajstić information content (AvgIpc) is 2.62. The summed E-state index contributed by atoms with van der Waals surface area (Å²) in [4.78, 5) is 13.2. The highest BCUT2D eigenvalue weighted by Gasteiger charge is 2.24. The van der Waals surface area contributed by atoms with E-state index in [-0.39, 0.29) is 0 Å². The lowest BCUT2D eigenvalue weighted by Gasteiger charge is -2.36. The Morgan fingerprint density at radius 3 is 2.83 bits per heavy atom. The number of hydrogen-bond acceptors (Lipinski definition) is 5. The highest BCUT2D eigenvalue weighted by Crippen LogP contribution is 2.21. The lowest BCUT2D eigenvalue weighted by Crippen LogP contribution is -2.43. The third-order valence-corrected chi connectivity index (χ3v) is 4.68. The summed E-state index contributed by atoms with van der Waals surface area (Å²) in [5.41, 5.74) is 1.89. The summed E-state index contributed by atoms with van der Waals surface area (Å²) in [6.07, 6.45) is 3.82. The van der Waals surface area contributed by atoms with Gasteiger partial charge in [0.2, 0.25) is 5.95 Å². The summed E-state index contributed by atoms with van der Waals surface area (Å²) in [6.45, 7) is 2.70. The predicted octanol–water partition coefficient (Wildman–Crippen LogP) is 3.10. The fraction of sp³-hybridized carbons (Fsp3) is 0.389. The van der Waals surface area contributed by atoms with Crippen LogP contribution in [0.25, 0.3) is 0 Å². The number of piperidine rings is 1. The summed E-state index contributed by atoms with van der Waals surface area (Å²) in [5.74, 6) is 0.713. The molecule has 3 rings (SSSR count). The third-order valence-electron chi connectivity index (χ3n) is 4.47. The van der Waals surface area contributed by atoms with Crippen LogP contribution in [0.3, 0.4) is 0 Å². The Hall–Kier alpha value is -2.16. The van der Waals surface area contributed by atoms with Gasteiger partial charge in [0.1, 0.15) is 5.15 Å². The van der Waals surface area contributed by atoms with Gasteiger partial charge in [0.25, 0.3) is 0 Å². The first-order valence-electron chi connectivity index (χ1n) is 8.08. The molecule has 0 amide bonds. The minimum Gasteiger partial charge on any atom is -0.341 e. The SMILES string of the molecule is CN(Cc1cccc(C#N)c1)C1CCN(c2nccc(Cl)n2)CC1. The number of benzene rings is 1. The van der Waals surface area contributed by atoms with Crippen LogP contribution < -0.4 is 4.90 Å². The highest BCUT2D eigenvalue weighted by atomic mass is 35.5. The number of aromatic nitrogens is 2. The van der Waals surface area contributed by atoms with Gasteiger partial charge in [0.05, 0.1) is 11.6 Å². The topological polar surface area (TPSA) is 56.1 Å². The van der Waals surface area contributed by atoms with Gasteiger partial charge in [-0.05, 0) is 43.7 Å². The second kappa shape index (κ2) is 7.61. The van der Waals surface area contributed by atoms with Crippen LogP contribution >= 0.6 is 11.6 Å². The molecule has 0 spiro atoms. The Morgan fingerprint density at radius 2 is 2.12 bits per heavy atom. The maximum atomic E-state index is 9.01. The summed E-state index contributed by atoms with van der Waals surface area (Å²) in [6, 6.07) is 12.2. The highest BCUT2D eigenvalue weighted by molar-refractivity contribution is 6.29. The van der Waals surface area contributed by atoms with E-state index in [1.807, 2.05) is 18.2 Å². The molecule has 1 saturated heterocycles. The van der Waals surface area contributed by atoms with Crippen molar-refractivity contribution in [2.45, 2.75) is 25.4 Å². The van der Waals surface area contributed by atoms with Crippen molar-refractivity contribution in [2.75, 3.05) is 25.0 Å². The number of anilines is 1. The van der Waals surface area contributed by atoms with Crippen LogP contribution in [-0.2, 0) is 6.54 Å². The monoisotopic (exact) mass is 341 g/mol. The van der Waals surface area contributed by atoms with E-state index >= 15 is 0 Å². The van der Waals surface area contributed by atoms with Gasteiger partial charge in [0, 0.05) is 31.9 Å². The van der Waals surface area contributed by atoms with Gasteiger partial charge in [-0.3, -0.25) is 4.90 Å². The molecule has 0 bridgehead atoms. The Bertz CT molecular complexity index is 734. The van der Waals surface area contributed by atoms with E-state index in [1.165, 1.54) is 5.56 Å². The van der Waals surface area contributed by atoms with E-state index in [0.717, 1.165) is 32.5 Å². The molecular formula is C18H20ClN5. The van der Waals surface area contributed by atoms with Gasteiger partial charge in [0.15, 0.2) is 0 Å². The molecule has 0 saturated carbocycles. The second-order valence-electron chi connectivity index (χ2n) is 6.12. The predicted molar refractivity (Wildman–Crippen MR) is 94.9 cm³/mol. The Labute approximate surface area is 147 Å². The largest absolute Gasteiger partial charge is 0.341 e. The molecule has 1 aliphatic rings. The van der Waals surface area contributed by atoms with Crippen LogP contribution in [0.4, 0.5) is 5.95 Å². The van der Waals surface area contributed by atoms with Crippen LogP contribution in [0, 0.1) is 11.3 Å². The fourth-order valence-corrected chi connectivity index (χ4v) is 3.27. The normalized spacial score (nSPS) is 15.5. The molecule has 2 heterocycles. The summed E-state index contributed by atoms with van der Waals surface area (Å²) < 4.78 is 0. The van der Waals surface area contributed by atoms with E-state index in [1.54, 1.807) is 12.3 Å². The molecule has 0 unspecified atom stereocenters. The molecule has 0 N–H and O–H groups in total. The molecule has 0 atom stereocenters. The van der Waals surface area contributed by atoms with Crippen molar-refractivity contribution in [1.82, 2.24) is 14.9 Å². The van der Waals surface area contributed by atoms with Crippen LogP contribution in [0.15, 0.2) is 36.5 Å². The van der Waals surface area contributed by atoms with Gasteiger partial charge in [-0.2, -0.15) is 5.26 Å². The fourth-order valence-electron chi connectivity index (χ4n) is 3.14. The number of hydrogen-bond donors (Lipinski definition) is 0. The lowest BCUT2D eigenvalue weighted by molar-refractivity contribution is 0.200. The zero-order valence-electron chi connectivity index (χ0n) is 13.7.